The highest BCUT2D eigenvalue weighted by Gasteiger charge is 2.46. The maximum atomic E-state index is 12.5. The van der Waals surface area contributed by atoms with Gasteiger partial charge in [-0.3, -0.25) is 4.79 Å². The number of alkyl halides is 3. The zero-order chi connectivity index (χ0) is 23.3. The van der Waals surface area contributed by atoms with Crippen molar-refractivity contribution in [1.29, 1.82) is 0 Å². The molecule has 0 aliphatic heterocycles. The number of benzene rings is 2. The van der Waals surface area contributed by atoms with E-state index in [9.17, 15) is 27.6 Å². The summed E-state index contributed by atoms with van der Waals surface area (Å²) in [6.45, 7) is -1.57. The lowest BCUT2D eigenvalue weighted by Gasteiger charge is -2.17. The number of hydrogen-bond donors (Lipinski definition) is 3. The van der Waals surface area contributed by atoms with Crippen LogP contribution in [-0.2, 0) is 19.1 Å². The molecule has 11 heteroatoms. The molecule has 1 aliphatic carbocycles. The van der Waals surface area contributed by atoms with E-state index in [1.54, 1.807) is 0 Å². The minimum atomic E-state index is -5.13. The van der Waals surface area contributed by atoms with Crippen molar-refractivity contribution < 1.29 is 42.1 Å². The molecule has 2 aromatic rings. The third-order valence-corrected chi connectivity index (χ3v) is 4.78. The number of carbonyl (C=O) groups is 3. The van der Waals surface area contributed by atoms with Crippen molar-refractivity contribution in [3.8, 4) is 11.1 Å². The lowest BCUT2D eigenvalue weighted by atomic mass is 9.98. The molecule has 0 radical (unpaired) electrons. The summed E-state index contributed by atoms with van der Waals surface area (Å²) in [5.41, 5.74) is 4.12. The third-order valence-electron chi connectivity index (χ3n) is 4.78. The molecule has 2 aromatic carbocycles. The molecule has 0 saturated heterocycles. The number of fused-ring (bicyclic) bond motifs is 3. The Morgan fingerprint density at radius 3 is 2.06 bits per heavy atom. The molecule has 1 unspecified atom stereocenters. The summed E-state index contributed by atoms with van der Waals surface area (Å²) in [6.07, 6.45) is -9.09. The minimum absolute atomic E-state index is 0.0243. The second-order valence-electron chi connectivity index (χ2n) is 6.85. The van der Waals surface area contributed by atoms with Crippen LogP contribution in [0.1, 0.15) is 17.0 Å². The number of hydrogen-bond acceptors (Lipinski definition) is 5. The number of carbonyl (C=O) groups excluding carboxylic acids is 2. The number of nitrogens with one attached hydrogen (secondary N) is 2. The van der Waals surface area contributed by atoms with E-state index < -0.39 is 43.5 Å². The Balaban J connectivity index is 1.45. The van der Waals surface area contributed by atoms with Crippen molar-refractivity contribution in [2.75, 3.05) is 19.9 Å². The van der Waals surface area contributed by atoms with E-state index in [0.717, 1.165) is 22.3 Å². The number of halogens is 3. The summed E-state index contributed by atoms with van der Waals surface area (Å²) in [4.78, 5) is 34.1. The first kappa shape index (κ1) is 23.1. The second-order valence-corrected chi connectivity index (χ2v) is 6.85. The molecule has 170 valence electrons. The number of alkyl carbamates (subject to hydrolysis) is 1. The van der Waals surface area contributed by atoms with Gasteiger partial charge in [-0.1, -0.05) is 48.5 Å². The minimum Gasteiger partial charge on any atom is -0.479 e. The summed E-state index contributed by atoms with van der Waals surface area (Å²) >= 11 is 0. The molecule has 0 aromatic heterocycles. The van der Waals surface area contributed by atoms with Crippen LogP contribution in [0, 0.1) is 0 Å². The maximum absolute atomic E-state index is 12.5. The van der Waals surface area contributed by atoms with E-state index in [-0.39, 0.29) is 12.5 Å². The predicted molar refractivity (Wildman–Crippen MR) is 105 cm³/mol. The molecule has 3 rings (SSSR count). The van der Waals surface area contributed by atoms with E-state index in [1.165, 1.54) is 0 Å². The Bertz CT molecular complexity index is 966. The fraction of sp³-hybridized carbons (Fsp3) is 0.286. The Kier molecular flexibility index (Phi) is 6.98. The monoisotopic (exact) mass is 452 g/mol. The van der Waals surface area contributed by atoms with Crippen LogP contribution in [-0.4, -0.2) is 55.2 Å². The number of carboxylic acids is 1. The summed E-state index contributed by atoms with van der Waals surface area (Å²) in [5, 5.41) is 12.6. The summed E-state index contributed by atoms with van der Waals surface area (Å²) < 4.78 is 46.7. The number of amides is 2. The second kappa shape index (κ2) is 9.69. The molecular weight excluding hydrogens is 433 g/mol. The fourth-order valence-corrected chi connectivity index (χ4v) is 3.38. The SMILES string of the molecule is O=C(CNC(=O)OCC1c2ccccc2-c2ccccc21)NCOC(C(=O)O)C(F)(F)F. The topological polar surface area (TPSA) is 114 Å². The normalized spacial score (nSPS) is 13.6. The Hall–Kier alpha value is -3.60. The third kappa shape index (κ3) is 5.35. The van der Waals surface area contributed by atoms with Crippen LogP contribution < -0.4 is 10.6 Å². The van der Waals surface area contributed by atoms with Gasteiger partial charge in [0.05, 0.1) is 0 Å². The molecular formula is C21H19F3N2O6. The predicted octanol–water partition coefficient (Wildman–Crippen LogP) is 2.63. The highest BCUT2D eigenvalue weighted by Crippen LogP contribution is 2.44. The molecule has 0 spiro atoms. The largest absolute Gasteiger partial charge is 0.479 e. The first-order valence-corrected chi connectivity index (χ1v) is 9.45. The first-order valence-electron chi connectivity index (χ1n) is 9.45. The van der Waals surface area contributed by atoms with Crippen LogP contribution >= 0.6 is 0 Å². The molecule has 32 heavy (non-hydrogen) atoms. The highest BCUT2D eigenvalue weighted by atomic mass is 19.4. The summed E-state index contributed by atoms with van der Waals surface area (Å²) in [7, 11) is 0. The van der Waals surface area contributed by atoms with Gasteiger partial charge in [0, 0.05) is 5.92 Å². The van der Waals surface area contributed by atoms with Crippen molar-refractivity contribution in [1.82, 2.24) is 10.6 Å². The summed E-state index contributed by atoms with van der Waals surface area (Å²) in [5.74, 6) is -3.29. The lowest BCUT2D eigenvalue weighted by molar-refractivity contribution is -0.228. The molecule has 0 saturated carbocycles. The van der Waals surface area contributed by atoms with Crippen LogP contribution in [0.25, 0.3) is 11.1 Å². The van der Waals surface area contributed by atoms with Crippen LogP contribution in [0.15, 0.2) is 48.5 Å². The van der Waals surface area contributed by atoms with E-state index >= 15 is 0 Å². The van der Waals surface area contributed by atoms with Gasteiger partial charge in [0.1, 0.15) is 19.9 Å². The van der Waals surface area contributed by atoms with Gasteiger partial charge in [-0.2, -0.15) is 13.2 Å². The van der Waals surface area contributed by atoms with Gasteiger partial charge in [0.15, 0.2) is 0 Å². The molecule has 0 heterocycles. The van der Waals surface area contributed by atoms with Gasteiger partial charge in [0.25, 0.3) is 6.10 Å². The molecule has 0 fully saturated rings. The number of aliphatic carboxylic acids is 1. The van der Waals surface area contributed by atoms with E-state index in [2.05, 4.69) is 10.1 Å². The van der Waals surface area contributed by atoms with E-state index in [4.69, 9.17) is 9.84 Å². The quantitative estimate of drug-likeness (QED) is 0.531. The summed E-state index contributed by atoms with van der Waals surface area (Å²) in [6, 6.07) is 15.5. The van der Waals surface area contributed by atoms with Gasteiger partial charge in [-0.05, 0) is 22.3 Å². The molecule has 8 nitrogen and oxygen atoms in total. The number of rotatable bonds is 8. The van der Waals surface area contributed by atoms with Gasteiger partial charge in [-0.25, -0.2) is 9.59 Å². The molecule has 1 aliphatic rings. The first-order chi connectivity index (χ1) is 15.2. The smallest absolute Gasteiger partial charge is 0.425 e. The zero-order valence-electron chi connectivity index (χ0n) is 16.5. The average Bonchev–Trinajstić information content (AvgIpc) is 3.06. The van der Waals surface area contributed by atoms with Gasteiger partial charge in [0.2, 0.25) is 5.91 Å². The van der Waals surface area contributed by atoms with Gasteiger partial charge < -0.3 is 25.2 Å². The Labute approximate surface area is 180 Å². The van der Waals surface area contributed by atoms with Crippen molar-refractivity contribution in [3.63, 3.8) is 0 Å². The number of carboxylic acid groups (broad SMARTS) is 1. The molecule has 0 bridgehead atoms. The van der Waals surface area contributed by atoms with Crippen molar-refractivity contribution in [2.45, 2.75) is 18.2 Å². The lowest BCUT2D eigenvalue weighted by Crippen LogP contribution is -2.43. The van der Waals surface area contributed by atoms with E-state index in [1.807, 2.05) is 53.8 Å². The van der Waals surface area contributed by atoms with Crippen LogP contribution in [0.4, 0.5) is 18.0 Å². The number of ether oxygens (including phenoxy) is 2. The van der Waals surface area contributed by atoms with Crippen molar-refractivity contribution in [2.24, 2.45) is 0 Å². The molecule has 1 atom stereocenters. The Morgan fingerprint density at radius 1 is 0.969 bits per heavy atom. The maximum Gasteiger partial charge on any atom is 0.425 e. The van der Waals surface area contributed by atoms with Gasteiger partial charge in [-0.15, -0.1) is 0 Å². The Morgan fingerprint density at radius 2 is 1.53 bits per heavy atom. The van der Waals surface area contributed by atoms with Crippen LogP contribution in [0.2, 0.25) is 0 Å². The van der Waals surface area contributed by atoms with Crippen molar-refractivity contribution in [3.05, 3.63) is 59.7 Å². The van der Waals surface area contributed by atoms with E-state index in [0.29, 0.717) is 0 Å². The average molecular weight is 452 g/mol. The van der Waals surface area contributed by atoms with Crippen LogP contribution in [0.3, 0.4) is 0 Å². The van der Waals surface area contributed by atoms with Crippen molar-refractivity contribution >= 4 is 18.0 Å². The standard InChI is InChI=1S/C21H19F3N2O6/c22-21(23,24)18(19(28)29)32-11-26-17(27)9-25-20(30)31-10-16-14-7-3-1-5-12(14)13-6-2-4-8-15(13)16/h1-8,16,18H,9-11H2,(H,25,30)(H,26,27)(H,28,29). The molecule has 2 amide bonds. The zero-order valence-corrected chi connectivity index (χ0v) is 16.5. The fourth-order valence-electron chi connectivity index (χ4n) is 3.38. The van der Waals surface area contributed by atoms with Crippen LogP contribution in [0.5, 0.6) is 0 Å². The van der Waals surface area contributed by atoms with Gasteiger partial charge >= 0.3 is 18.2 Å². The highest BCUT2D eigenvalue weighted by molar-refractivity contribution is 5.82. The molecule has 3 N–H and O–H groups in total.